The molecule has 0 amide bonds. The Hall–Kier alpha value is -2.21. The van der Waals surface area contributed by atoms with E-state index < -0.39 is 17.6 Å². The molecule has 0 bridgehead atoms. The lowest BCUT2D eigenvalue weighted by Crippen LogP contribution is -2.07. The van der Waals surface area contributed by atoms with E-state index >= 15 is 0 Å². The van der Waals surface area contributed by atoms with Crippen LogP contribution >= 0.6 is 11.6 Å². The van der Waals surface area contributed by atoms with Crippen LogP contribution in [0.5, 0.6) is 0 Å². The average molecular weight is 299 g/mol. The summed E-state index contributed by atoms with van der Waals surface area (Å²) in [5.41, 5.74) is -0.199. The Morgan fingerprint density at radius 1 is 1.30 bits per heavy atom. The van der Waals surface area contributed by atoms with Gasteiger partial charge in [-0.1, -0.05) is 11.6 Å². The van der Waals surface area contributed by atoms with Crippen LogP contribution in [0.4, 0.5) is 14.6 Å². The van der Waals surface area contributed by atoms with E-state index in [1.54, 1.807) is 0 Å². The van der Waals surface area contributed by atoms with Gasteiger partial charge in [0.05, 0.1) is 5.02 Å². The molecule has 0 atom stereocenters. The van der Waals surface area contributed by atoms with Gasteiger partial charge < -0.3 is 10.4 Å². The topological polar surface area (TPSA) is 62.2 Å². The van der Waals surface area contributed by atoms with Gasteiger partial charge in [0.25, 0.3) is 0 Å². The van der Waals surface area contributed by atoms with Gasteiger partial charge in [-0.2, -0.15) is 0 Å². The molecule has 0 saturated carbocycles. The normalized spacial score (nSPS) is 10.3. The molecule has 7 heteroatoms. The highest BCUT2D eigenvalue weighted by Gasteiger charge is 2.11. The van der Waals surface area contributed by atoms with E-state index in [1.807, 2.05) is 0 Å². The third-order valence-corrected chi connectivity index (χ3v) is 2.82. The number of carbonyl (C=O) groups is 1. The summed E-state index contributed by atoms with van der Waals surface area (Å²) in [6, 6.07) is 5.90. The lowest BCUT2D eigenvalue weighted by molar-refractivity contribution is 0.0691. The zero-order chi connectivity index (χ0) is 14.7. The quantitative estimate of drug-likeness (QED) is 0.909. The van der Waals surface area contributed by atoms with Gasteiger partial charge in [-0.05, 0) is 30.3 Å². The van der Waals surface area contributed by atoms with Crippen molar-refractivity contribution in [1.82, 2.24) is 4.98 Å². The van der Waals surface area contributed by atoms with Crippen molar-refractivity contribution in [2.75, 3.05) is 5.32 Å². The molecule has 1 aromatic heterocycles. The number of anilines is 1. The number of rotatable bonds is 4. The fraction of sp³-hybridized carbons (Fsp3) is 0.0769. The summed E-state index contributed by atoms with van der Waals surface area (Å²) < 4.78 is 26.4. The molecule has 4 nitrogen and oxygen atoms in total. The maximum atomic E-state index is 13.4. The van der Waals surface area contributed by atoms with Crippen LogP contribution in [0.15, 0.2) is 30.3 Å². The maximum Gasteiger partial charge on any atom is 0.356 e. The monoisotopic (exact) mass is 298 g/mol. The molecule has 1 heterocycles. The standard InChI is InChI=1S/C13H9ClF2N2O2/c14-9-2-4-11(18-12(9)13(19)20)17-6-7-5-8(15)1-3-10(7)16/h1-5H,6H2,(H,17,18)(H,19,20). The van der Waals surface area contributed by atoms with Crippen molar-refractivity contribution >= 4 is 23.4 Å². The first kappa shape index (κ1) is 14.2. The van der Waals surface area contributed by atoms with Crippen molar-refractivity contribution in [1.29, 1.82) is 0 Å². The molecule has 0 spiro atoms. The van der Waals surface area contributed by atoms with Crippen molar-refractivity contribution in [3.05, 3.63) is 58.2 Å². The Bertz CT molecular complexity index is 665. The van der Waals surface area contributed by atoms with Gasteiger partial charge in [0, 0.05) is 12.1 Å². The highest BCUT2D eigenvalue weighted by atomic mass is 35.5. The van der Waals surface area contributed by atoms with Crippen molar-refractivity contribution in [2.45, 2.75) is 6.54 Å². The van der Waals surface area contributed by atoms with Crippen LogP contribution in [0.2, 0.25) is 5.02 Å². The summed E-state index contributed by atoms with van der Waals surface area (Å²) in [5.74, 6) is -2.18. The average Bonchev–Trinajstić information content (AvgIpc) is 2.41. The summed E-state index contributed by atoms with van der Waals surface area (Å²) in [6.07, 6.45) is 0. The van der Waals surface area contributed by atoms with Crippen LogP contribution in [0.1, 0.15) is 16.1 Å². The second-order valence-electron chi connectivity index (χ2n) is 3.92. The van der Waals surface area contributed by atoms with Crippen LogP contribution in [-0.4, -0.2) is 16.1 Å². The van der Waals surface area contributed by atoms with Crippen LogP contribution < -0.4 is 5.32 Å². The molecule has 104 valence electrons. The van der Waals surface area contributed by atoms with Gasteiger partial charge in [0.15, 0.2) is 5.69 Å². The molecule has 20 heavy (non-hydrogen) atoms. The Labute approximate surface area is 118 Å². The number of benzene rings is 1. The van der Waals surface area contributed by atoms with E-state index in [4.69, 9.17) is 16.7 Å². The summed E-state index contributed by atoms with van der Waals surface area (Å²) in [4.78, 5) is 14.6. The van der Waals surface area contributed by atoms with Crippen LogP contribution in [0.3, 0.4) is 0 Å². The fourth-order valence-corrected chi connectivity index (χ4v) is 1.74. The lowest BCUT2D eigenvalue weighted by atomic mass is 10.2. The molecule has 0 saturated heterocycles. The van der Waals surface area contributed by atoms with Gasteiger partial charge >= 0.3 is 5.97 Å². The Morgan fingerprint density at radius 3 is 2.75 bits per heavy atom. The molecule has 0 aliphatic rings. The number of nitrogens with zero attached hydrogens (tertiary/aromatic N) is 1. The Kier molecular flexibility index (Phi) is 4.14. The third kappa shape index (κ3) is 3.21. The minimum absolute atomic E-state index is 0.0000129. The first-order valence-corrected chi connectivity index (χ1v) is 5.93. The summed E-state index contributed by atoms with van der Waals surface area (Å²) >= 11 is 5.67. The third-order valence-electron chi connectivity index (χ3n) is 2.52. The Morgan fingerprint density at radius 2 is 2.05 bits per heavy atom. The smallest absolute Gasteiger partial charge is 0.356 e. The first-order chi connectivity index (χ1) is 9.47. The van der Waals surface area contributed by atoms with Crippen LogP contribution in [0.25, 0.3) is 0 Å². The number of aromatic carboxylic acids is 1. The molecule has 2 rings (SSSR count). The molecule has 2 N–H and O–H groups in total. The minimum Gasteiger partial charge on any atom is -0.476 e. The van der Waals surface area contributed by atoms with Crippen molar-refractivity contribution in [3.8, 4) is 0 Å². The molecular weight excluding hydrogens is 290 g/mol. The molecule has 0 aliphatic heterocycles. The second-order valence-corrected chi connectivity index (χ2v) is 4.33. The number of hydrogen-bond donors (Lipinski definition) is 2. The molecule has 0 aliphatic carbocycles. The van der Waals surface area contributed by atoms with Crippen molar-refractivity contribution in [3.63, 3.8) is 0 Å². The van der Waals surface area contributed by atoms with E-state index in [2.05, 4.69) is 10.3 Å². The van der Waals surface area contributed by atoms with Crippen molar-refractivity contribution < 1.29 is 18.7 Å². The summed E-state index contributed by atoms with van der Waals surface area (Å²) in [5, 5.41) is 11.6. The fourth-order valence-electron chi connectivity index (χ4n) is 1.56. The number of aromatic nitrogens is 1. The molecule has 0 fully saturated rings. The van der Waals surface area contributed by atoms with E-state index in [1.165, 1.54) is 12.1 Å². The van der Waals surface area contributed by atoms with Crippen molar-refractivity contribution in [2.24, 2.45) is 0 Å². The summed E-state index contributed by atoms with van der Waals surface area (Å²) in [7, 11) is 0. The predicted molar refractivity (Wildman–Crippen MR) is 69.9 cm³/mol. The molecule has 1 aromatic carbocycles. The maximum absolute atomic E-state index is 13.4. The minimum atomic E-state index is -1.27. The number of halogens is 3. The van der Waals surface area contributed by atoms with Crippen LogP contribution in [-0.2, 0) is 6.54 Å². The number of nitrogens with one attached hydrogen (secondary N) is 1. The number of pyridine rings is 1. The van der Waals surface area contributed by atoms with Gasteiger partial charge in [0.2, 0.25) is 0 Å². The number of carboxylic acids is 1. The molecular formula is C13H9ClF2N2O2. The Balaban J connectivity index is 2.17. The highest BCUT2D eigenvalue weighted by molar-refractivity contribution is 6.33. The van der Waals surface area contributed by atoms with Gasteiger partial charge in [-0.3, -0.25) is 0 Å². The highest BCUT2D eigenvalue weighted by Crippen LogP contribution is 2.18. The zero-order valence-corrected chi connectivity index (χ0v) is 10.8. The summed E-state index contributed by atoms with van der Waals surface area (Å²) in [6.45, 7) is -0.0305. The number of hydrogen-bond acceptors (Lipinski definition) is 3. The zero-order valence-electron chi connectivity index (χ0n) is 10.0. The largest absolute Gasteiger partial charge is 0.476 e. The van der Waals surface area contributed by atoms with Gasteiger partial charge in [-0.15, -0.1) is 0 Å². The molecule has 2 aromatic rings. The molecule has 0 unspecified atom stereocenters. The van der Waals surface area contributed by atoms with Gasteiger partial charge in [0.1, 0.15) is 17.5 Å². The van der Waals surface area contributed by atoms with E-state index in [9.17, 15) is 13.6 Å². The first-order valence-electron chi connectivity index (χ1n) is 5.55. The SMILES string of the molecule is O=C(O)c1nc(NCc2cc(F)ccc2F)ccc1Cl. The second kappa shape index (κ2) is 5.83. The van der Waals surface area contributed by atoms with Crippen LogP contribution in [0, 0.1) is 11.6 Å². The van der Waals surface area contributed by atoms with Gasteiger partial charge in [-0.25, -0.2) is 18.6 Å². The number of carboxylic acid groups (broad SMARTS) is 1. The predicted octanol–water partition coefficient (Wildman–Crippen LogP) is 3.32. The lowest BCUT2D eigenvalue weighted by Gasteiger charge is -2.08. The molecule has 0 radical (unpaired) electrons. The van der Waals surface area contributed by atoms with E-state index in [-0.39, 0.29) is 28.6 Å². The van der Waals surface area contributed by atoms with E-state index in [0.717, 1.165) is 18.2 Å². The van der Waals surface area contributed by atoms with E-state index in [0.29, 0.717) is 0 Å².